The van der Waals surface area contributed by atoms with Crippen molar-refractivity contribution < 1.29 is 4.79 Å². The summed E-state index contributed by atoms with van der Waals surface area (Å²) in [6, 6.07) is 0. The first-order valence-electron chi connectivity index (χ1n) is 7.18. The SMILES string of the molecule is CN(CC1CCCC1)C(=O)CCCCCCN.Cl. The Morgan fingerprint density at radius 1 is 1.17 bits per heavy atom. The Bertz CT molecular complexity index is 218. The van der Waals surface area contributed by atoms with Crippen molar-refractivity contribution in [3.63, 3.8) is 0 Å². The number of hydrogen-bond donors (Lipinski definition) is 1. The second kappa shape index (κ2) is 10.6. The average Bonchev–Trinajstić information content (AvgIpc) is 2.81. The number of amides is 1. The van der Waals surface area contributed by atoms with E-state index in [1.54, 1.807) is 0 Å². The first-order valence-corrected chi connectivity index (χ1v) is 7.18. The molecule has 0 unspecified atom stereocenters. The number of unbranched alkanes of at least 4 members (excludes halogenated alkanes) is 3. The van der Waals surface area contributed by atoms with Crippen LogP contribution in [0.1, 0.15) is 57.8 Å². The topological polar surface area (TPSA) is 46.3 Å². The van der Waals surface area contributed by atoms with Gasteiger partial charge in [-0.1, -0.05) is 25.7 Å². The molecule has 0 atom stereocenters. The van der Waals surface area contributed by atoms with Gasteiger partial charge in [-0.05, 0) is 38.1 Å². The van der Waals surface area contributed by atoms with E-state index in [0.29, 0.717) is 12.3 Å². The largest absolute Gasteiger partial charge is 0.345 e. The Balaban J connectivity index is 0.00000289. The molecule has 1 fully saturated rings. The predicted octanol–water partition coefficient (Wildman–Crippen LogP) is 2.97. The highest BCUT2D eigenvalue weighted by Crippen LogP contribution is 2.25. The van der Waals surface area contributed by atoms with Gasteiger partial charge in [0.2, 0.25) is 5.91 Å². The molecule has 0 spiro atoms. The number of carbonyl (C=O) groups is 1. The highest BCUT2D eigenvalue weighted by atomic mass is 35.5. The third-order valence-electron chi connectivity index (χ3n) is 3.78. The zero-order valence-corrected chi connectivity index (χ0v) is 12.5. The fraction of sp³-hybridized carbons (Fsp3) is 0.929. The van der Waals surface area contributed by atoms with Gasteiger partial charge >= 0.3 is 0 Å². The summed E-state index contributed by atoms with van der Waals surface area (Å²) in [6.45, 7) is 1.75. The normalized spacial score (nSPS) is 15.4. The van der Waals surface area contributed by atoms with Crippen LogP contribution in [0, 0.1) is 5.92 Å². The smallest absolute Gasteiger partial charge is 0.222 e. The van der Waals surface area contributed by atoms with Gasteiger partial charge in [0, 0.05) is 20.0 Å². The summed E-state index contributed by atoms with van der Waals surface area (Å²) in [5.74, 6) is 1.09. The summed E-state index contributed by atoms with van der Waals surface area (Å²) in [4.78, 5) is 13.8. The van der Waals surface area contributed by atoms with Gasteiger partial charge in [-0.15, -0.1) is 12.4 Å². The Morgan fingerprint density at radius 2 is 1.78 bits per heavy atom. The number of nitrogens with two attached hydrogens (primary N) is 1. The van der Waals surface area contributed by atoms with Gasteiger partial charge in [-0.25, -0.2) is 0 Å². The van der Waals surface area contributed by atoms with Gasteiger partial charge in [0.1, 0.15) is 0 Å². The molecule has 0 radical (unpaired) electrons. The molecule has 2 N–H and O–H groups in total. The number of carbonyl (C=O) groups excluding carboxylic acids is 1. The number of nitrogens with zero attached hydrogens (tertiary/aromatic N) is 1. The van der Waals surface area contributed by atoms with Crippen molar-refractivity contribution in [1.82, 2.24) is 4.90 Å². The third-order valence-corrected chi connectivity index (χ3v) is 3.78. The molecule has 18 heavy (non-hydrogen) atoms. The van der Waals surface area contributed by atoms with Crippen LogP contribution >= 0.6 is 12.4 Å². The molecule has 1 rings (SSSR count). The van der Waals surface area contributed by atoms with Crippen molar-refractivity contribution in [2.24, 2.45) is 11.7 Å². The van der Waals surface area contributed by atoms with Crippen LogP contribution in [0.25, 0.3) is 0 Å². The molecule has 3 nitrogen and oxygen atoms in total. The minimum atomic E-state index is 0. The quantitative estimate of drug-likeness (QED) is 0.693. The molecule has 1 aliphatic rings. The summed E-state index contributed by atoms with van der Waals surface area (Å²) in [6.07, 6.45) is 10.5. The highest BCUT2D eigenvalue weighted by Gasteiger charge is 2.18. The van der Waals surface area contributed by atoms with Crippen molar-refractivity contribution in [1.29, 1.82) is 0 Å². The van der Waals surface area contributed by atoms with Crippen LogP contribution in [0.5, 0.6) is 0 Å². The molecule has 0 aromatic heterocycles. The van der Waals surface area contributed by atoms with E-state index in [2.05, 4.69) is 0 Å². The maximum Gasteiger partial charge on any atom is 0.222 e. The van der Waals surface area contributed by atoms with Crippen LogP contribution in [0.3, 0.4) is 0 Å². The maximum atomic E-state index is 11.9. The molecule has 4 heteroatoms. The average molecular weight is 277 g/mol. The summed E-state index contributed by atoms with van der Waals surface area (Å²) in [5.41, 5.74) is 5.43. The molecular formula is C14H29ClN2O. The van der Waals surface area contributed by atoms with E-state index in [-0.39, 0.29) is 12.4 Å². The molecule has 0 aliphatic heterocycles. The number of rotatable bonds is 8. The third kappa shape index (κ3) is 7.22. The monoisotopic (exact) mass is 276 g/mol. The molecular weight excluding hydrogens is 248 g/mol. The molecule has 1 amide bonds. The molecule has 0 saturated heterocycles. The van der Waals surface area contributed by atoms with Crippen LogP contribution in [-0.2, 0) is 4.79 Å². The van der Waals surface area contributed by atoms with Gasteiger partial charge in [0.05, 0.1) is 0 Å². The van der Waals surface area contributed by atoms with Gasteiger partial charge < -0.3 is 10.6 Å². The lowest BCUT2D eigenvalue weighted by molar-refractivity contribution is -0.130. The standard InChI is InChI=1S/C14H28N2O.ClH/c1-16(12-13-8-5-6-9-13)14(17)10-4-2-3-7-11-15;/h13H,2-12,15H2,1H3;1H. The van der Waals surface area contributed by atoms with Gasteiger partial charge in [0.25, 0.3) is 0 Å². The van der Waals surface area contributed by atoms with Gasteiger partial charge in [-0.3, -0.25) is 4.79 Å². The minimum absolute atomic E-state index is 0. The van der Waals surface area contributed by atoms with E-state index >= 15 is 0 Å². The second-order valence-electron chi connectivity index (χ2n) is 5.38. The van der Waals surface area contributed by atoms with Crippen molar-refractivity contribution >= 4 is 18.3 Å². The van der Waals surface area contributed by atoms with E-state index < -0.39 is 0 Å². The Morgan fingerprint density at radius 3 is 2.39 bits per heavy atom. The lowest BCUT2D eigenvalue weighted by Crippen LogP contribution is -2.30. The molecule has 108 valence electrons. The summed E-state index contributed by atoms with van der Waals surface area (Å²) >= 11 is 0. The molecule has 0 heterocycles. The van der Waals surface area contributed by atoms with Crippen molar-refractivity contribution in [3.05, 3.63) is 0 Å². The van der Waals surface area contributed by atoms with Crippen LogP contribution in [0.2, 0.25) is 0 Å². The van der Waals surface area contributed by atoms with Crippen LogP contribution in [0.4, 0.5) is 0 Å². The summed E-state index contributed by atoms with van der Waals surface area (Å²) < 4.78 is 0. The predicted molar refractivity (Wildman–Crippen MR) is 79.0 cm³/mol. The summed E-state index contributed by atoms with van der Waals surface area (Å²) in [5, 5.41) is 0. The highest BCUT2D eigenvalue weighted by molar-refractivity contribution is 5.85. The lowest BCUT2D eigenvalue weighted by atomic mass is 10.1. The maximum absolute atomic E-state index is 11.9. The van der Waals surface area contributed by atoms with Crippen molar-refractivity contribution in [3.8, 4) is 0 Å². The molecule has 1 aliphatic carbocycles. The molecule has 0 aromatic carbocycles. The molecule has 0 bridgehead atoms. The van der Waals surface area contributed by atoms with Gasteiger partial charge in [0.15, 0.2) is 0 Å². The van der Waals surface area contributed by atoms with Gasteiger partial charge in [-0.2, -0.15) is 0 Å². The molecule has 1 saturated carbocycles. The Kier molecular flexibility index (Phi) is 10.5. The fourth-order valence-corrected chi connectivity index (χ4v) is 2.65. The van der Waals surface area contributed by atoms with Crippen LogP contribution < -0.4 is 5.73 Å². The van der Waals surface area contributed by atoms with Crippen molar-refractivity contribution in [2.75, 3.05) is 20.1 Å². The fourth-order valence-electron chi connectivity index (χ4n) is 2.65. The van der Waals surface area contributed by atoms with E-state index in [0.717, 1.165) is 44.7 Å². The van der Waals surface area contributed by atoms with E-state index in [1.165, 1.54) is 25.7 Å². The van der Waals surface area contributed by atoms with E-state index in [4.69, 9.17) is 5.73 Å². The van der Waals surface area contributed by atoms with E-state index in [9.17, 15) is 4.79 Å². The first kappa shape index (κ1) is 17.7. The zero-order chi connectivity index (χ0) is 12.5. The van der Waals surface area contributed by atoms with Crippen LogP contribution in [0.15, 0.2) is 0 Å². The second-order valence-corrected chi connectivity index (χ2v) is 5.38. The number of halogens is 1. The van der Waals surface area contributed by atoms with E-state index in [1.807, 2.05) is 11.9 Å². The lowest BCUT2D eigenvalue weighted by Gasteiger charge is -2.21. The zero-order valence-electron chi connectivity index (χ0n) is 11.7. The first-order chi connectivity index (χ1) is 8.24. The van der Waals surface area contributed by atoms with Crippen LogP contribution in [-0.4, -0.2) is 30.9 Å². The molecule has 0 aromatic rings. The van der Waals surface area contributed by atoms with Crippen molar-refractivity contribution in [2.45, 2.75) is 57.8 Å². The Labute approximate surface area is 118 Å². The minimum Gasteiger partial charge on any atom is -0.345 e. The summed E-state index contributed by atoms with van der Waals surface area (Å²) in [7, 11) is 1.96. The number of hydrogen-bond acceptors (Lipinski definition) is 2. The Hall–Kier alpha value is -0.280.